The summed E-state index contributed by atoms with van der Waals surface area (Å²) in [5.41, 5.74) is 12.4. The molecule has 31 heavy (non-hydrogen) atoms. The predicted octanol–water partition coefficient (Wildman–Crippen LogP) is 3.56. The predicted molar refractivity (Wildman–Crippen MR) is 133 cm³/mol. The molecule has 2 aliphatic heterocycles. The number of hydrogen-bond acceptors (Lipinski definition) is 5. The molecule has 0 bridgehead atoms. The van der Waals surface area contributed by atoms with Crippen molar-refractivity contribution in [2.45, 2.75) is 51.9 Å². The van der Waals surface area contributed by atoms with E-state index in [0.29, 0.717) is 5.69 Å². The molecule has 0 radical (unpaired) electrons. The van der Waals surface area contributed by atoms with Gasteiger partial charge >= 0.3 is 0 Å². The van der Waals surface area contributed by atoms with Crippen molar-refractivity contribution in [3.63, 3.8) is 0 Å². The SMILES string of the molecule is C=c1c(N)c(NN2CCC(CCCN3CCCCC3)CC2)c(=C)c2c(O)ccc(C)c12. The number of hydrazine groups is 1. The summed E-state index contributed by atoms with van der Waals surface area (Å²) in [4.78, 5) is 2.64. The van der Waals surface area contributed by atoms with Crippen molar-refractivity contribution in [3.05, 3.63) is 28.1 Å². The minimum Gasteiger partial charge on any atom is -0.507 e. The minimum atomic E-state index is 0.228. The zero-order valence-electron chi connectivity index (χ0n) is 19.1. The van der Waals surface area contributed by atoms with Crippen molar-refractivity contribution in [2.75, 3.05) is 43.9 Å². The lowest BCUT2D eigenvalue weighted by molar-refractivity contribution is 0.189. The maximum atomic E-state index is 10.5. The highest BCUT2D eigenvalue weighted by Crippen LogP contribution is 2.27. The van der Waals surface area contributed by atoms with Crippen LogP contribution in [0, 0.1) is 12.8 Å². The maximum absolute atomic E-state index is 10.5. The molecular formula is C26H38N4O. The fraction of sp³-hybridized carbons (Fsp3) is 0.538. The fourth-order valence-corrected chi connectivity index (χ4v) is 5.37. The average Bonchev–Trinajstić information content (AvgIpc) is 2.78. The third kappa shape index (κ3) is 4.68. The molecule has 0 spiro atoms. The van der Waals surface area contributed by atoms with Gasteiger partial charge in [0.05, 0.1) is 11.4 Å². The van der Waals surface area contributed by atoms with Crippen molar-refractivity contribution < 1.29 is 5.11 Å². The highest BCUT2D eigenvalue weighted by atomic mass is 16.3. The lowest BCUT2D eigenvalue weighted by atomic mass is 9.92. The first-order chi connectivity index (χ1) is 15.0. The number of likely N-dealkylation sites (tertiary alicyclic amines) is 1. The molecule has 0 aliphatic carbocycles. The molecule has 2 aliphatic rings. The first-order valence-electron chi connectivity index (χ1n) is 11.9. The zero-order valence-corrected chi connectivity index (χ0v) is 19.1. The number of phenolic OH excluding ortho intramolecular Hbond substituents is 1. The molecule has 168 valence electrons. The number of benzene rings is 2. The minimum absolute atomic E-state index is 0.228. The van der Waals surface area contributed by atoms with E-state index in [9.17, 15) is 5.11 Å². The van der Waals surface area contributed by atoms with Crippen LogP contribution >= 0.6 is 0 Å². The smallest absolute Gasteiger partial charge is 0.124 e. The second-order valence-corrected chi connectivity index (χ2v) is 9.48. The number of anilines is 2. The molecule has 0 saturated carbocycles. The zero-order chi connectivity index (χ0) is 22.0. The molecule has 5 nitrogen and oxygen atoms in total. The van der Waals surface area contributed by atoms with Crippen LogP contribution in [-0.2, 0) is 0 Å². The van der Waals surface area contributed by atoms with Crippen molar-refractivity contribution in [1.29, 1.82) is 0 Å². The van der Waals surface area contributed by atoms with Crippen LogP contribution in [-0.4, -0.2) is 47.7 Å². The standard InChI is InChI=1S/C26H38N4O/c1-18-9-10-22(31)24-20(3)26(25(27)19(2)23(18)24)28-30-16-11-21(12-17-30)8-7-15-29-13-5-4-6-14-29/h9-10,21,28,31H,2-8,11-17,27H2,1H3. The molecule has 2 aromatic carbocycles. The van der Waals surface area contributed by atoms with E-state index >= 15 is 0 Å². The molecular weight excluding hydrogens is 384 g/mol. The summed E-state index contributed by atoms with van der Waals surface area (Å²) in [7, 11) is 0. The van der Waals surface area contributed by atoms with Gasteiger partial charge < -0.3 is 21.2 Å². The van der Waals surface area contributed by atoms with E-state index in [1.807, 2.05) is 13.0 Å². The fourth-order valence-electron chi connectivity index (χ4n) is 5.37. The summed E-state index contributed by atoms with van der Waals surface area (Å²) < 4.78 is 0. The Bertz CT molecular complexity index is 1020. The molecule has 0 atom stereocenters. The van der Waals surface area contributed by atoms with Crippen molar-refractivity contribution >= 4 is 35.3 Å². The van der Waals surface area contributed by atoms with Gasteiger partial charge in [0.15, 0.2) is 0 Å². The Kier molecular flexibility index (Phi) is 6.73. The Morgan fingerprint density at radius 2 is 1.74 bits per heavy atom. The van der Waals surface area contributed by atoms with Crippen molar-refractivity contribution in [1.82, 2.24) is 9.91 Å². The van der Waals surface area contributed by atoms with Crippen molar-refractivity contribution in [3.8, 4) is 5.75 Å². The Morgan fingerprint density at radius 3 is 2.45 bits per heavy atom. The number of phenols is 1. The van der Waals surface area contributed by atoms with Crippen LogP contribution in [0.15, 0.2) is 12.1 Å². The van der Waals surface area contributed by atoms with E-state index in [0.717, 1.165) is 51.5 Å². The number of nitrogens with zero attached hydrogens (tertiary/aromatic N) is 2. The topological polar surface area (TPSA) is 64.8 Å². The molecule has 5 heteroatoms. The number of hydrogen-bond donors (Lipinski definition) is 3. The van der Waals surface area contributed by atoms with Gasteiger partial charge in [-0.05, 0) is 88.0 Å². The summed E-state index contributed by atoms with van der Waals surface area (Å²) in [6.45, 7) is 16.3. The normalized spacial score (nSPS) is 19.1. The van der Waals surface area contributed by atoms with Crippen LogP contribution in [0.2, 0.25) is 0 Å². The van der Waals surface area contributed by atoms with Gasteiger partial charge in [0.2, 0.25) is 0 Å². The monoisotopic (exact) mass is 422 g/mol. The molecule has 2 heterocycles. The lowest BCUT2D eigenvalue weighted by Gasteiger charge is -2.34. The van der Waals surface area contributed by atoms with Gasteiger partial charge in [-0.15, -0.1) is 0 Å². The summed E-state index contributed by atoms with van der Waals surface area (Å²) >= 11 is 0. The van der Waals surface area contributed by atoms with E-state index in [1.165, 1.54) is 64.6 Å². The molecule has 0 amide bonds. The van der Waals surface area contributed by atoms with Crippen LogP contribution in [0.4, 0.5) is 11.4 Å². The third-order valence-electron chi connectivity index (χ3n) is 7.31. The van der Waals surface area contributed by atoms with Crippen LogP contribution in [0.1, 0.15) is 50.5 Å². The van der Waals surface area contributed by atoms with E-state index in [1.54, 1.807) is 6.07 Å². The van der Waals surface area contributed by atoms with Crippen LogP contribution in [0.25, 0.3) is 23.9 Å². The largest absolute Gasteiger partial charge is 0.507 e. The first-order valence-corrected chi connectivity index (χ1v) is 11.9. The number of nitrogens with one attached hydrogen (secondary N) is 1. The molecule has 2 fully saturated rings. The second kappa shape index (κ2) is 9.49. The Labute approximate surface area is 186 Å². The van der Waals surface area contributed by atoms with Crippen LogP contribution in [0.3, 0.4) is 0 Å². The summed E-state index contributed by atoms with van der Waals surface area (Å²) in [5.74, 6) is 1.04. The molecule has 0 aromatic heterocycles. The average molecular weight is 423 g/mol. The molecule has 2 aromatic rings. The second-order valence-electron chi connectivity index (χ2n) is 9.48. The summed E-state index contributed by atoms with van der Waals surface area (Å²) in [5, 5.41) is 15.9. The highest BCUT2D eigenvalue weighted by Gasteiger charge is 2.21. The number of nitrogens with two attached hydrogens (primary N) is 1. The van der Waals surface area contributed by atoms with E-state index in [4.69, 9.17) is 5.73 Å². The van der Waals surface area contributed by atoms with E-state index in [-0.39, 0.29) is 5.75 Å². The first kappa shape index (κ1) is 22.0. The van der Waals surface area contributed by atoms with Gasteiger partial charge in [0, 0.05) is 28.9 Å². The molecule has 0 unspecified atom stereocenters. The maximum Gasteiger partial charge on any atom is 0.124 e. The lowest BCUT2D eigenvalue weighted by Crippen LogP contribution is -2.40. The van der Waals surface area contributed by atoms with Crippen LogP contribution < -0.4 is 21.6 Å². The molecule has 4 rings (SSSR count). The van der Waals surface area contributed by atoms with Crippen molar-refractivity contribution in [2.24, 2.45) is 5.92 Å². The van der Waals surface area contributed by atoms with Gasteiger partial charge in [-0.3, -0.25) is 0 Å². The molecule has 4 N–H and O–H groups in total. The van der Waals surface area contributed by atoms with Gasteiger partial charge in [-0.1, -0.05) is 25.6 Å². The van der Waals surface area contributed by atoms with E-state index < -0.39 is 0 Å². The number of aromatic hydroxyl groups is 1. The number of fused-ring (bicyclic) bond motifs is 1. The Morgan fingerprint density at radius 1 is 1.03 bits per heavy atom. The van der Waals surface area contributed by atoms with Gasteiger partial charge in [0.1, 0.15) is 5.75 Å². The number of rotatable bonds is 6. The van der Waals surface area contributed by atoms with Gasteiger partial charge in [-0.25, -0.2) is 5.01 Å². The summed E-state index contributed by atoms with van der Waals surface area (Å²) in [6, 6.07) is 3.62. The number of aryl methyl sites for hydroxylation is 1. The van der Waals surface area contributed by atoms with E-state index in [2.05, 4.69) is 28.5 Å². The third-order valence-corrected chi connectivity index (χ3v) is 7.31. The van der Waals surface area contributed by atoms with Crippen LogP contribution in [0.5, 0.6) is 5.75 Å². The van der Waals surface area contributed by atoms with Gasteiger partial charge in [0.25, 0.3) is 0 Å². The van der Waals surface area contributed by atoms with Gasteiger partial charge in [-0.2, -0.15) is 0 Å². The molecule has 2 saturated heterocycles. The Balaban J connectivity index is 1.38. The quantitative estimate of drug-likeness (QED) is 0.621. The number of nitrogen functional groups attached to an aromatic ring is 1. The highest BCUT2D eigenvalue weighted by molar-refractivity contribution is 5.98. The number of piperidine rings is 2. The summed E-state index contributed by atoms with van der Waals surface area (Å²) in [6.07, 6.45) is 9.23. The Hall–Kier alpha value is -2.24.